The van der Waals surface area contributed by atoms with Crippen LogP contribution in [0.15, 0.2) is 48.5 Å². The first-order chi connectivity index (χ1) is 8.86. The lowest BCUT2D eigenvalue weighted by molar-refractivity contribution is 0.169. The topological polar surface area (TPSA) is 9.23 Å². The molecular formula is C17H18O. The molecule has 0 aromatic heterocycles. The molecule has 2 aromatic carbocycles. The van der Waals surface area contributed by atoms with Crippen LogP contribution < -0.4 is 4.74 Å². The molecule has 0 N–H and O–H groups in total. The number of benzene rings is 2. The highest BCUT2D eigenvalue weighted by Gasteiger charge is 2.18. The van der Waals surface area contributed by atoms with E-state index >= 15 is 0 Å². The maximum absolute atomic E-state index is 5.97. The van der Waals surface area contributed by atoms with Gasteiger partial charge in [-0.3, -0.25) is 0 Å². The highest BCUT2D eigenvalue weighted by atomic mass is 16.5. The highest BCUT2D eigenvalue weighted by molar-refractivity contribution is 5.65. The van der Waals surface area contributed by atoms with Crippen molar-refractivity contribution in [2.24, 2.45) is 0 Å². The number of ether oxygens (including phenoxy) is 1. The molecule has 2 aromatic rings. The molecule has 1 heteroatoms. The summed E-state index contributed by atoms with van der Waals surface area (Å²) in [6, 6.07) is 17.1. The predicted molar refractivity (Wildman–Crippen MR) is 74.9 cm³/mol. The molecule has 1 aliphatic heterocycles. The Balaban J connectivity index is 1.93. The SMILES string of the molecule is CCC1CCc2cc(-c3ccccc3)ccc2O1. The van der Waals surface area contributed by atoms with Gasteiger partial charge in [0.25, 0.3) is 0 Å². The van der Waals surface area contributed by atoms with E-state index in [0.29, 0.717) is 6.10 Å². The largest absolute Gasteiger partial charge is 0.490 e. The second-order valence-electron chi connectivity index (χ2n) is 4.88. The number of hydrogen-bond donors (Lipinski definition) is 0. The van der Waals surface area contributed by atoms with Crippen LogP contribution in [-0.4, -0.2) is 6.10 Å². The number of fused-ring (bicyclic) bond motifs is 1. The van der Waals surface area contributed by atoms with Gasteiger partial charge in [-0.05, 0) is 48.1 Å². The molecule has 0 amide bonds. The van der Waals surface area contributed by atoms with Crippen LogP contribution in [0.25, 0.3) is 11.1 Å². The monoisotopic (exact) mass is 238 g/mol. The van der Waals surface area contributed by atoms with Crippen LogP contribution in [-0.2, 0) is 6.42 Å². The van der Waals surface area contributed by atoms with Gasteiger partial charge in [0.15, 0.2) is 0 Å². The second-order valence-corrected chi connectivity index (χ2v) is 4.88. The Hall–Kier alpha value is -1.76. The molecule has 0 bridgehead atoms. The fraction of sp³-hybridized carbons (Fsp3) is 0.294. The van der Waals surface area contributed by atoms with E-state index in [1.165, 1.54) is 16.7 Å². The summed E-state index contributed by atoms with van der Waals surface area (Å²) < 4.78 is 5.97. The Bertz CT molecular complexity index is 531. The molecule has 0 saturated carbocycles. The van der Waals surface area contributed by atoms with Gasteiger partial charge in [-0.1, -0.05) is 43.3 Å². The molecule has 0 saturated heterocycles. The zero-order valence-corrected chi connectivity index (χ0v) is 10.7. The van der Waals surface area contributed by atoms with E-state index in [4.69, 9.17) is 4.74 Å². The van der Waals surface area contributed by atoms with E-state index in [1.54, 1.807) is 0 Å². The molecule has 1 nitrogen and oxygen atoms in total. The minimum atomic E-state index is 0.403. The van der Waals surface area contributed by atoms with Crippen LogP contribution in [0.1, 0.15) is 25.3 Å². The smallest absolute Gasteiger partial charge is 0.122 e. The molecule has 0 spiro atoms. The van der Waals surface area contributed by atoms with Gasteiger partial charge in [0.05, 0.1) is 6.10 Å². The lowest BCUT2D eigenvalue weighted by Gasteiger charge is -2.25. The minimum Gasteiger partial charge on any atom is -0.490 e. The fourth-order valence-corrected chi connectivity index (χ4v) is 2.54. The fourth-order valence-electron chi connectivity index (χ4n) is 2.54. The number of aryl methyl sites for hydroxylation is 1. The summed E-state index contributed by atoms with van der Waals surface area (Å²) in [5, 5.41) is 0. The zero-order chi connectivity index (χ0) is 12.4. The summed E-state index contributed by atoms with van der Waals surface area (Å²) >= 11 is 0. The summed E-state index contributed by atoms with van der Waals surface area (Å²) in [5.41, 5.74) is 3.91. The Morgan fingerprint density at radius 2 is 1.89 bits per heavy atom. The lowest BCUT2D eigenvalue weighted by atomic mass is 9.96. The third kappa shape index (κ3) is 2.13. The Labute approximate surface area is 108 Å². The van der Waals surface area contributed by atoms with Crippen molar-refractivity contribution >= 4 is 0 Å². The summed E-state index contributed by atoms with van der Waals surface area (Å²) in [7, 11) is 0. The van der Waals surface area contributed by atoms with Crippen LogP contribution in [0, 0.1) is 0 Å². The van der Waals surface area contributed by atoms with Crippen LogP contribution >= 0.6 is 0 Å². The van der Waals surface area contributed by atoms with Gasteiger partial charge in [-0.15, -0.1) is 0 Å². The van der Waals surface area contributed by atoms with Gasteiger partial charge in [-0.2, -0.15) is 0 Å². The Morgan fingerprint density at radius 1 is 1.06 bits per heavy atom. The Kier molecular flexibility index (Phi) is 3.06. The normalized spacial score (nSPS) is 17.9. The van der Waals surface area contributed by atoms with Crippen molar-refractivity contribution in [1.29, 1.82) is 0 Å². The van der Waals surface area contributed by atoms with E-state index < -0.39 is 0 Å². The molecule has 18 heavy (non-hydrogen) atoms. The average molecular weight is 238 g/mol. The molecule has 0 fully saturated rings. The summed E-state index contributed by atoms with van der Waals surface area (Å²) in [6.45, 7) is 2.19. The van der Waals surface area contributed by atoms with Crippen molar-refractivity contribution < 1.29 is 4.74 Å². The Morgan fingerprint density at radius 3 is 2.67 bits per heavy atom. The average Bonchev–Trinajstić information content (AvgIpc) is 2.47. The standard InChI is InChI=1S/C17H18O/c1-2-16-10-8-15-12-14(9-11-17(15)18-16)13-6-4-3-5-7-13/h3-7,9,11-12,16H,2,8,10H2,1H3. The molecule has 1 unspecified atom stereocenters. The van der Waals surface area contributed by atoms with Gasteiger partial charge < -0.3 is 4.74 Å². The van der Waals surface area contributed by atoms with Gasteiger partial charge in [0, 0.05) is 0 Å². The summed E-state index contributed by atoms with van der Waals surface area (Å²) in [6.07, 6.45) is 3.77. The maximum Gasteiger partial charge on any atom is 0.122 e. The number of hydrogen-bond acceptors (Lipinski definition) is 1. The maximum atomic E-state index is 5.97. The third-order valence-electron chi connectivity index (χ3n) is 3.65. The quantitative estimate of drug-likeness (QED) is 0.750. The van der Waals surface area contributed by atoms with E-state index in [-0.39, 0.29) is 0 Å². The van der Waals surface area contributed by atoms with Crippen molar-refractivity contribution in [1.82, 2.24) is 0 Å². The van der Waals surface area contributed by atoms with Crippen molar-refractivity contribution in [3.05, 3.63) is 54.1 Å². The van der Waals surface area contributed by atoms with E-state index in [2.05, 4.69) is 55.5 Å². The minimum absolute atomic E-state index is 0.403. The lowest BCUT2D eigenvalue weighted by Crippen LogP contribution is -2.21. The van der Waals surface area contributed by atoms with Gasteiger partial charge in [-0.25, -0.2) is 0 Å². The molecule has 1 aliphatic rings. The third-order valence-corrected chi connectivity index (χ3v) is 3.65. The van der Waals surface area contributed by atoms with Gasteiger partial charge in [0.1, 0.15) is 5.75 Å². The molecule has 3 rings (SSSR count). The molecule has 92 valence electrons. The van der Waals surface area contributed by atoms with Crippen LogP contribution in [0.5, 0.6) is 5.75 Å². The first kappa shape index (κ1) is 11.3. The van der Waals surface area contributed by atoms with E-state index in [1.807, 2.05) is 0 Å². The van der Waals surface area contributed by atoms with Crippen LogP contribution in [0.2, 0.25) is 0 Å². The molecular weight excluding hydrogens is 220 g/mol. The molecule has 1 heterocycles. The molecule has 1 atom stereocenters. The van der Waals surface area contributed by atoms with Crippen molar-refractivity contribution in [3.63, 3.8) is 0 Å². The van der Waals surface area contributed by atoms with Crippen molar-refractivity contribution in [2.45, 2.75) is 32.3 Å². The molecule has 0 radical (unpaired) electrons. The van der Waals surface area contributed by atoms with Gasteiger partial charge >= 0.3 is 0 Å². The van der Waals surface area contributed by atoms with Crippen molar-refractivity contribution in [3.8, 4) is 16.9 Å². The van der Waals surface area contributed by atoms with E-state index in [9.17, 15) is 0 Å². The zero-order valence-electron chi connectivity index (χ0n) is 10.7. The first-order valence-corrected chi connectivity index (χ1v) is 6.72. The van der Waals surface area contributed by atoms with Crippen LogP contribution in [0.3, 0.4) is 0 Å². The second kappa shape index (κ2) is 4.85. The first-order valence-electron chi connectivity index (χ1n) is 6.72. The highest BCUT2D eigenvalue weighted by Crippen LogP contribution is 2.32. The summed E-state index contributed by atoms with van der Waals surface area (Å²) in [4.78, 5) is 0. The molecule has 0 aliphatic carbocycles. The summed E-state index contributed by atoms with van der Waals surface area (Å²) in [5.74, 6) is 1.08. The van der Waals surface area contributed by atoms with Crippen LogP contribution in [0.4, 0.5) is 0 Å². The number of rotatable bonds is 2. The predicted octanol–water partition coefficient (Wildman–Crippen LogP) is 4.46. The van der Waals surface area contributed by atoms with Gasteiger partial charge in [0.2, 0.25) is 0 Å². The van der Waals surface area contributed by atoms with Crippen molar-refractivity contribution in [2.75, 3.05) is 0 Å². The van der Waals surface area contributed by atoms with E-state index in [0.717, 1.165) is 25.0 Å².